The maximum atomic E-state index is 11.8. The summed E-state index contributed by atoms with van der Waals surface area (Å²) in [4.78, 5) is 11.8. The molecule has 1 saturated heterocycles. The van der Waals surface area contributed by atoms with E-state index in [2.05, 4.69) is 22.8 Å². The highest BCUT2D eigenvalue weighted by atomic mass is 16.2. The van der Waals surface area contributed by atoms with Gasteiger partial charge < -0.3 is 10.6 Å². The smallest absolute Gasteiger partial charge is 0.237 e. The molecule has 16 heavy (non-hydrogen) atoms. The summed E-state index contributed by atoms with van der Waals surface area (Å²) in [6, 6.07) is 0.0629. The van der Waals surface area contributed by atoms with Gasteiger partial charge in [-0.25, -0.2) is 0 Å². The molecule has 2 N–H and O–H groups in total. The van der Waals surface area contributed by atoms with E-state index in [0.29, 0.717) is 5.92 Å². The quantitative estimate of drug-likeness (QED) is 0.712. The molecule has 1 fully saturated rings. The van der Waals surface area contributed by atoms with E-state index in [9.17, 15) is 4.79 Å². The molecule has 0 radical (unpaired) electrons. The minimum absolute atomic E-state index is 0.0629. The lowest BCUT2D eigenvalue weighted by atomic mass is 9.94. The van der Waals surface area contributed by atoms with Gasteiger partial charge in [0.15, 0.2) is 0 Å². The Kier molecular flexibility index (Phi) is 4.40. The van der Waals surface area contributed by atoms with E-state index in [-0.39, 0.29) is 11.9 Å². The normalized spacial score (nSPS) is 30.0. The first kappa shape index (κ1) is 11.6. The second-order valence-corrected chi connectivity index (χ2v) is 4.90. The third-order valence-corrected chi connectivity index (χ3v) is 3.57. The van der Waals surface area contributed by atoms with E-state index in [4.69, 9.17) is 0 Å². The summed E-state index contributed by atoms with van der Waals surface area (Å²) in [6.07, 6.45) is 11.4. The van der Waals surface area contributed by atoms with E-state index >= 15 is 0 Å². The molecule has 90 valence electrons. The van der Waals surface area contributed by atoms with Crippen molar-refractivity contribution in [3.63, 3.8) is 0 Å². The van der Waals surface area contributed by atoms with E-state index in [1.165, 1.54) is 25.7 Å². The van der Waals surface area contributed by atoms with E-state index < -0.39 is 0 Å². The van der Waals surface area contributed by atoms with Gasteiger partial charge in [-0.05, 0) is 44.6 Å². The lowest BCUT2D eigenvalue weighted by Crippen LogP contribution is -2.47. The summed E-state index contributed by atoms with van der Waals surface area (Å²) in [6.45, 7) is 1.84. The van der Waals surface area contributed by atoms with Crippen LogP contribution in [0.5, 0.6) is 0 Å². The highest BCUT2D eigenvalue weighted by Crippen LogP contribution is 2.17. The molecular formula is C13H22N2O. The van der Waals surface area contributed by atoms with E-state index in [1.54, 1.807) is 0 Å². The minimum Gasteiger partial charge on any atom is -0.354 e. The standard InChI is InChI=1S/C13H22N2O/c16-13(12-8-4-5-9-14-12)15-10-11-6-2-1-3-7-11/h1-2,11-12,14H,3-10H2,(H,15,16)/t11?,12-/m0/s1. The van der Waals surface area contributed by atoms with Crippen molar-refractivity contribution < 1.29 is 4.79 Å². The second-order valence-electron chi connectivity index (χ2n) is 4.90. The van der Waals surface area contributed by atoms with Crippen molar-refractivity contribution in [3.05, 3.63) is 12.2 Å². The number of hydrogen-bond acceptors (Lipinski definition) is 2. The van der Waals surface area contributed by atoms with Gasteiger partial charge in [-0.1, -0.05) is 18.6 Å². The predicted octanol–water partition coefficient (Wildman–Crippen LogP) is 1.60. The molecule has 3 heteroatoms. The van der Waals surface area contributed by atoms with Crippen LogP contribution in [-0.2, 0) is 4.79 Å². The van der Waals surface area contributed by atoms with Crippen LogP contribution in [0, 0.1) is 5.92 Å². The molecule has 0 aromatic carbocycles. The number of carbonyl (C=O) groups is 1. The molecule has 2 rings (SSSR count). The minimum atomic E-state index is 0.0629. The van der Waals surface area contributed by atoms with Crippen molar-refractivity contribution in [1.82, 2.24) is 10.6 Å². The summed E-state index contributed by atoms with van der Waals surface area (Å²) in [7, 11) is 0. The van der Waals surface area contributed by atoms with Crippen LogP contribution in [0.15, 0.2) is 12.2 Å². The highest BCUT2D eigenvalue weighted by Gasteiger charge is 2.21. The highest BCUT2D eigenvalue weighted by molar-refractivity contribution is 5.81. The molecule has 3 nitrogen and oxygen atoms in total. The number of allylic oxidation sites excluding steroid dienone is 2. The number of hydrogen-bond donors (Lipinski definition) is 2. The van der Waals surface area contributed by atoms with Crippen LogP contribution >= 0.6 is 0 Å². The van der Waals surface area contributed by atoms with Crippen LogP contribution in [0.2, 0.25) is 0 Å². The maximum absolute atomic E-state index is 11.8. The molecule has 1 amide bonds. The first-order chi connectivity index (χ1) is 7.86. The fraction of sp³-hybridized carbons (Fsp3) is 0.769. The summed E-state index contributed by atoms with van der Waals surface area (Å²) in [5.74, 6) is 0.854. The average molecular weight is 222 g/mol. The van der Waals surface area contributed by atoms with Gasteiger partial charge in [-0.2, -0.15) is 0 Å². The first-order valence-corrected chi connectivity index (χ1v) is 6.52. The number of piperidine rings is 1. The van der Waals surface area contributed by atoms with Crippen molar-refractivity contribution in [2.45, 2.75) is 44.6 Å². The third-order valence-electron chi connectivity index (χ3n) is 3.57. The molecule has 0 bridgehead atoms. The molecule has 0 spiro atoms. The molecular weight excluding hydrogens is 200 g/mol. The molecule has 1 aliphatic heterocycles. The van der Waals surface area contributed by atoms with E-state index in [1.807, 2.05) is 0 Å². The number of carbonyl (C=O) groups excluding carboxylic acids is 1. The molecule has 1 aliphatic carbocycles. The molecule has 1 heterocycles. The van der Waals surface area contributed by atoms with Gasteiger partial charge in [0, 0.05) is 6.54 Å². The third kappa shape index (κ3) is 3.34. The van der Waals surface area contributed by atoms with Crippen molar-refractivity contribution in [2.24, 2.45) is 5.92 Å². The van der Waals surface area contributed by atoms with Crippen molar-refractivity contribution in [2.75, 3.05) is 13.1 Å². The lowest BCUT2D eigenvalue weighted by Gasteiger charge is -2.24. The van der Waals surface area contributed by atoms with Crippen molar-refractivity contribution in [1.29, 1.82) is 0 Å². The van der Waals surface area contributed by atoms with Crippen LogP contribution in [0.25, 0.3) is 0 Å². The molecule has 2 atom stereocenters. The SMILES string of the molecule is O=C(NCC1CC=CCC1)[C@@H]1CCCCN1. The Morgan fingerprint density at radius 1 is 1.31 bits per heavy atom. The predicted molar refractivity (Wildman–Crippen MR) is 65.1 cm³/mol. The Bertz CT molecular complexity index is 257. The van der Waals surface area contributed by atoms with Crippen molar-refractivity contribution >= 4 is 5.91 Å². The van der Waals surface area contributed by atoms with Crippen molar-refractivity contribution in [3.8, 4) is 0 Å². The fourth-order valence-electron chi connectivity index (χ4n) is 2.49. The average Bonchev–Trinajstić information content (AvgIpc) is 2.38. The van der Waals surface area contributed by atoms with E-state index in [0.717, 1.165) is 25.9 Å². The van der Waals surface area contributed by atoms with Gasteiger partial charge in [-0.3, -0.25) is 4.79 Å². The zero-order valence-electron chi connectivity index (χ0n) is 9.87. The largest absolute Gasteiger partial charge is 0.354 e. The molecule has 0 aromatic heterocycles. The Labute approximate surface area is 97.7 Å². The Morgan fingerprint density at radius 3 is 2.94 bits per heavy atom. The molecule has 2 aliphatic rings. The van der Waals surface area contributed by atoms with Crippen LogP contribution in [-0.4, -0.2) is 25.0 Å². The topological polar surface area (TPSA) is 41.1 Å². The van der Waals surface area contributed by atoms with Gasteiger partial charge in [0.2, 0.25) is 5.91 Å². The van der Waals surface area contributed by atoms with Crippen LogP contribution in [0.4, 0.5) is 0 Å². The van der Waals surface area contributed by atoms with Crippen LogP contribution in [0.1, 0.15) is 38.5 Å². The number of rotatable bonds is 3. The molecule has 0 saturated carbocycles. The molecule has 1 unspecified atom stereocenters. The van der Waals surface area contributed by atoms with Gasteiger partial charge in [0.1, 0.15) is 0 Å². The monoisotopic (exact) mass is 222 g/mol. The van der Waals surface area contributed by atoms with Crippen LogP contribution < -0.4 is 10.6 Å². The van der Waals surface area contributed by atoms with Crippen LogP contribution in [0.3, 0.4) is 0 Å². The second kappa shape index (κ2) is 6.04. The molecule has 0 aromatic rings. The number of amides is 1. The summed E-state index contributed by atoms with van der Waals surface area (Å²) < 4.78 is 0. The Hall–Kier alpha value is -0.830. The zero-order valence-corrected chi connectivity index (χ0v) is 9.87. The summed E-state index contributed by atoms with van der Waals surface area (Å²) in [5, 5.41) is 6.37. The number of nitrogens with one attached hydrogen (secondary N) is 2. The summed E-state index contributed by atoms with van der Waals surface area (Å²) >= 11 is 0. The van der Waals surface area contributed by atoms with Gasteiger partial charge in [0.25, 0.3) is 0 Å². The maximum Gasteiger partial charge on any atom is 0.237 e. The zero-order chi connectivity index (χ0) is 11.2. The Morgan fingerprint density at radius 2 is 2.25 bits per heavy atom. The Balaban J connectivity index is 1.68. The van der Waals surface area contributed by atoms with Gasteiger partial charge >= 0.3 is 0 Å². The lowest BCUT2D eigenvalue weighted by molar-refractivity contribution is -0.123. The fourth-order valence-corrected chi connectivity index (χ4v) is 2.49. The first-order valence-electron chi connectivity index (χ1n) is 6.52. The summed E-state index contributed by atoms with van der Waals surface area (Å²) in [5.41, 5.74) is 0. The van der Waals surface area contributed by atoms with Gasteiger partial charge in [0.05, 0.1) is 6.04 Å². The van der Waals surface area contributed by atoms with Gasteiger partial charge in [-0.15, -0.1) is 0 Å².